The van der Waals surface area contributed by atoms with E-state index in [0.29, 0.717) is 82.0 Å². The van der Waals surface area contributed by atoms with E-state index in [9.17, 15) is 4.79 Å². The Labute approximate surface area is 300 Å². The Morgan fingerprint density at radius 2 is 1.52 bits per heavy atom. The van der Waals surface area contributed by atoms with Crippen LogP contribution in [0.15, 0.2) is 61.1 Å². The van der Waals surface area contributed by atoms with E-state index in [1.165, 1.54) is 0 Å². The molecule has 3 N–H and O–H groups in total. The quantitative estimate of drug-likeness (QED) is 0.148. The van der Waals surface area contributed by atoms with Crippen molar-refractivity contribution in [1.82, 2.24) is 45.7 Å². The van der Waals surface area contributed by atoms with Gasteiger partial charge in [-0.2, -0.15) is 5.10 Å². The van der Waals surface area contributed by atoms with Crippen molar-refractivity contribution in [1.29, 1.82) is 0 Å². The molecule has 14 heteroatoms. The number of hydrogen-bond donors (Lipinski definition) is 3. The number of ether oxygens (including phenoxy) is 2. The zero-order valence-electron chi connectivity index (χ0n) is 27.7. The Balaban J connectivity index is 1.10. The zero-order valence-corrected chi connectivity index (χ0v) is 29.3. The lowest BCUT2D eigenvalue weighted by atomic mass is 9.98. The summed E-state index contributed by atoms with van der Waals surface area (Å²) in [6.45, 7) is 3.57. The van der Waals surface area contributed by atoms with Gasteiger partial charge in [-0.3, -0.25) is 24.8 Å². The summed E-state index contributed by atoms with van der Waals surface area (Å²) in [6, 6.07) is 13.6. The summed E-state index contributed by atoms with van der Waals surface area (Å²) in [4.78, 5) is 32.8. The van der Waals surface area contributed by atoms with Gasteiger partial charge in [0.05, 0.1) is 48.0 Å². The summed E-state index contributed by atoms with van der Waals surface area (Å²) < 4.78 is 11.3. The zero-order chi connectivity index (χ0) is 34.6. The second-order valence-corrected chi connectivity index (χ2v) is 13.2. The predicted molar refractivity (Wildman–Crippen MR) is 191 cm³/mol. The van der Waals surface area contributed by atoms with Gasteiger partial charge in [-0.25, -0.2) is 9.97 Å². The van der Waals surface area contributed by atoms with E-state index < -0.39 is 0 Å². The number of aromatic nitrogens is 6. The summed E-state index contributed by atoms with van der Waals surface area (Å²) in [6.07, 6.45) is 7.64. The summed E-state index contributed by atoms with van der Waals surface area (Å²) in [5.41, 5.74) is 6.61. The second-order valence-electron chi connectivity index (χ2n) is 12.4. The first-order chi connectivity index (χ1) is 24.4. The molecule has 5 heterocycles. The van der Waals surface area contributed by atoms with Crippen LogP contribution in [-0.4, -0.2) is 80.8 Å². The maximum Gasteiger partial charge on any atom is 0.237 e. The average Bonchev–Trinajstić information content (AvgIpc) is 3.92. The standard InChI is InChI=1S/C36H37Cl2N9O3/c1-49-35-30(16-39-15-22-9-10-32(48)43-22)40-17-28(44-35)25-7-3-5-23(33(25)37)24-6-4-8-26(34(24)38)29-18-41-31(36(45-29)50-2)20-47-14-12-21(19-47)27-11-13-42-46-27/h3-8,11,13,17-18,21-22,39H,9-10,12,14-16,19-20H2,1-2H3,(H,42,46)(H,43,48)/t21?,22-/m0/s1. The van der Waals surface area contributed by atoms with Crippen LogP contribution in [0.2, 0.25) is 10.0 Å². The van der Waals surface area contributed by atoms with Crippen LogP contribution >= 0.6 is 23.2 Å². The lowest BCUT2D eigenvalue weighted by Gasteiger charge is -2.17. The van der Waals surface area contributed by atoms with Crippen molar-refractivity contribution >= 4 is 29.1 Å². The molecule has 3 aromatic heterocycles. The van der Waals surface area contributed by atoms with E-state index in [-0.39, 0.29) is 11.9 Å². The molecule has 1 unspecified atom stereocenters. The van der Waals surface area contributed by atoms with Gasteiger partial charge in [0.2, 0.25) is 17.7 Å². The van der Waals surface area contributed by atoms with E-state index in [1.807, 2.05) is 42.5 Å². The van der Waals surface area contributed by atoms with Crippen molar-refractivity contribution in [3.8, 4) is 45.4 Å². The van der Waals surface area contributed by atoms with E-state index in [2.05, 4.69) is 30.7 Å². The molecule has 2 fully saturated rings. The van der Waals surface area contributed by atoms with E-state index >= 15 is 0 Å². The van der Waals surface area contributed by atoms with Gasteiger partial charge in [0.25, 0.3) is 0 Å². The molecule has 2 aliphatic heterocycles. The number of aromatic amines is 1. The lowest BCUT2D eigenvalue weighted by Crippen LogP contribution is -2.35. The van der Waals surface area contributed by atoms with E-state index in [0.717, 1.165) is 48.4 Å². The number of benzene rings is 2. The van der Waals surface area contributed by atoms with Crippen LogP contribution < -0.4 is 20.1 Å². The molecule has 0 saturated carbocycles. The Morgan fingerprint density at radius 3 is 2.12 bits per heavy atom. The van der Waals surface area contributed by atoms with Crippen molar-refractivity contribution in [3.05, 3.63) is 88.2 Å². The fourth-order valence-corrected chi connectivity index (χ4v) is 7.27. The molecular weight excluding hydrogens is 677 g/mol. The second kappa shape index (κ2) is 15.1. The number of carbonyl (C=O) groups excluding carboxylic acids is 1. The molecule has 2 aliphatic rings. The van der Waals surface area contributed by atoms with Gasteiger partial charge in [0.15, 0.2) is 0 Å². The summed E-state index contributed by atoms with van der Waals surface area (Å²) in [5.74, 6) is 1.36. The molecule has 2 atom stereocenters. The molecule has 12 nitrogen and oxygen atoms in total. The first-order valence-corrected chi connectivity index (χ1v) is 17.3. The van der Waals surface area contributed by atoms with Crippen molar-refractivity contribution in [2.45, 2.75) is 44.3 Å². The number of rotatable bonds is 12. The predicted octanol–water partition coefficient (Wildman–Crippen LogP) is 5.67. The van der Waals surface area contributed by atoms with Crippen LogP contribution in [0.25, 0.3) is 33.6 Å². The summed E-state index contributed by atoms with van der Waals surface area (Å²) in [5, 5.41) is 14.5. The fourth-order valence-electron chi connectivity index (χ4n) is 6.62. The van der Waals surface area contributed by atoms with Crippen LogP contribution in [-0.2, 0) is 17.9 Å². The third-order valence-corrected chi connectivity index (χ3v) is 10.0. The van der Waals surface area contributed by atoms with Crippen molar-refractivity contribution < 1.29 is 14.3 Å². The molecule has 0 aliphatic carbocycles. The molecular formula is C36H37Cl2N9O3. The molecule has 2 saturated heterocycles. The molecule has 258 valence electrons. The largest absolute Gasteiger partial charge is 0.480 e. The molecule has 0 radical (unpaired) electrons. The highest BCUT2D eigenvalue weighted by Gasteiger charge is 2.27. The van der Waals surface area contributed by atoms with E-state index in [1.54, 1.807) is 32.8 Å². The number of likely N-dealkylation sites (tertiary alicyclic amines) is 1. The van der Waals surface area contributed by atoms with Gasteiger partial charge >= 0.3 is 0 Å². The van der Waals surface area contributed by atoms with Gasteiger partial charge < -0.3 is 20.1 Å². The summed E-state index contributed by atoms with van der Waals surface area (Å²) in [7, 11) is 3.17. The molecule has 5 aromatic rings. The highest BCUT2D eigenvalue weighted by molar-refractivity contribution is 6.39. The number of nitrogens with zero attached hydrogens (tertiary/aromatic N) is 6. The average molecular weight is 715 g/mol. The Bertz CT molecular complexity index is 1990. The first-order valence-electron chi connectivity index (χ1n) is 16.5. The first kappa shape index (κ1) is 33.9. The third-order valence-electron chi connectivity index (χ3n) is 9.23. The maximum atomic E-state index is 11.5. The van der Waals surface area contributed by atoms with Crippen LogP contribution in [0.4, 0.5) is 0 Å². The Hall–Kier alpha value is -4.62. The number of methoxy groups -OCH3 is 2. The summed E-state index contributed by atoms with van der Waals surface area (Å²) >= 11 is 14.2. The molecule has 1 amide bonds. The van der Waals surface area contributed by atoms with E-state index in [4.69, 9.17) is 47.6 Å². The van der Waals surface area contributed by atoms with Crippen molar-refractivity contribution in [2.24, 2.45) is 0 Å². The molecule has 7 rings (SSSR count). The Kier molecular flexibility index (Phi) is 10.2. The number of halogens is 2. The van der Waals surface area contributed by atoms with Gasteiger partial charge in [0.1, 0.15) is 11.4 Å². The highest BCUT2D eigenvalue weighted by Crippen LogP contribution is 2.42. The SMILES string of the molecule is COc1nc(-c2cccc(-c3cccc(-c4cnc(CN5CCC(c6ccn[nH]6)C5)c(OC)n4)c3Cl)c2Cl)cnc1CNC[C@@H]1CCC(=O)N1. The van der Waals surface area contributed by atoms with Gasteiger partial charge in [-0.05, 0) is 25.5 Å². The number of hydrogen-bond acceptors (Lipinski definition) is 10. The van der Waals surface area contributed by atoms with Gasteiger partial charge in [-0.15, -0.1) is 0 Å². The van der Waals surface area contributed by atoms with Crippen LogP contribution in [0.1, 0.15) is 42.3 Å². The topological polar surface area (TPSA) is 143 Å². The molecule has 2 aromatic carbocycles. The Morgan fingerprint density at radius 1 is 0.880 bits per heavy atom. The highest BCUT2D eigenvalue weighted by atomic mass is 35.5. The van der Waals surface area contributed by atoms with Crippen LogP contribution in [0.5, 0.6) is 11.8 Å². The van der Waals surface area contributed by atoms with Crippen molar-refractivity contribution in [3.63, 3.8) is 0 Å². The minimum Gasteiger partial charge on any atom is -0.480 e. The number of nitrogens with one attached hydrogen (secondary N) is 3. The van der Waals surface area contributed by atoms with Gasteiger partial charge in [0, 0.05) is 78.7 Å². The lowest BCUT2D eigenvalue weighted by molar-refractivity contribution is -0.119. The smallest absolute Gasteiger partial charge is 0.237 e. The minimum absolute atomic E-state index is 0.0856. The van der Waals surface area contributed by atoms with Crippen LogP contribution in [0, 0.1) is 0 Å². The number of H-pyrrole nitrogens is 1. The molecule has 0 bridgehead atoms. The fraction of sp³-hybridized carbons (Fsp3) is 0.333. The normalized spacial score (nSPS) is 17.6. The van der Waals surface area contributed by atoms with Crippen molar-refractivity contribution in [2.75, 3.05) is 33.9 Å². The molecule has 0 spiro atoms. The number of carbonyl (C=O) groups is 1. The molecule has 50 heavy (non-hydrogen) atoms. The monoisotopic (exact) mass is 713 g/mol. The van der Waals surface area contributed by atoms with Gasteiger partial charge in [-0.1, -0.05) is 59.6 Å². The maximum absolute atomic E-state index is 11.5. The minimum atomic E-state index is 0.0856. The number of amides is 1. The third kappa shape index (κ3) is 7.15. The van der Waals surface area contributed by atoms with Crippen LogP contribution in [0.3, 0.4) is 0 Å².